The van der Waals surface area contributed by atoms with Crippen molar-refractivity contribution in [3.63, 3.8) is 0 Å². The molecule has 1 rings (SSSR count). The maximum atomic E-state index is 4.28. The van der Waals surface area contributed by atoms with Gasteiger partial charge >= 0.3 is 0 Å². The van der Waals surface area contributed by atoms with Crippen molar-refractivity contribution in [2.75, 3.05) is 28.2 Å². The van der Waals surface area contributed by atoms with Crippen LogP contribution in [0.25, 0.3) is 6.08 Å². The molecule has 0 fully saturated rings. The van der Waals surface area contributed by atoms with Gasteiger partial charge in [0, 0.05) is 34.7 Å². The summed E-state index contributed by atoms with van der Waals surface area (Å²) in [5.74, 6) is 0.962. The molecule has 0 saturated carbocycles. The van der Waals surface area contributed by atoms with Crippen LogP contribution in [0.2, 0.25) is 0 Å². The molecule has 3 nitrogen and oxygen atoms in total. The lowest BCUT2D eigenvalue weighted by Gasteiger charge is -2.26. The van der Waals surface area contributed by atoms with E-state index in [0.29, 0.717) is 0 Å². The molecule has 0 atom stereocenters. The summed E-state index contributed by atoms with van der Waals surface area (Å²) in [5, 5.41) is 0. The molecule has 0 saturated heterocycles. The largest absolute Gasteiger partial charge is 0.349 e. The molecule has 0 heterocycles. The molecule has 1 aromatic carbocycles. The highest BCUT2D eigenvalue weighted by atomic mass is 15.3. The SMILES string of the molecule is C=Cc1ccccc1CN(C)/C(=N/C)N(C)C. The van der Waals surface area contributed by atoms with E-state index in [1.807, 2.05) is 45.2 Å². The lowest BCUT2D eigenvalue weighted by molar-refractivity contribution is 0.418. The van der Waals surface area contributed by atoms with Crippen molar-refractivity contribution in [1.82, 2.24) is 9.80 Å². The topological polar surface area (TPSA) is 18.8 Å². The van der Waals surface area contributed by atoms with Crippen LogP contribution < -0.4 is 0 Å². The highest BCUT2D eigenvalue weighted by Gasteiger charge is 2.09. The van der Waals surface area contributed by atoms with Gasteiger partial charge in [-0.3, -0.25) is 4.99 Å². The van der Waals surface area contributed by atoms with Crippen LogP contribution in [0.15, 0.2) is 35.8 Å². The summed E-state index contributed by atoms with van der Waals surface area (Å²) >= 11 is 0. The van der Waals surface area contributed by atoms with Crippen molar-refractivity contribution in [2.24, 2.45) is 4.99 Å². The minimum Gasteiger partial charge on any atom is -0.349 e. The van der Waals surface area contributed by atoms with Gasteiger partial charge in [0.25, 0.3) is 0 Å². The minimum atomic E-state index is 0.826. The molecule has 17 heavy (non-hydrogen) atoms. The van der Waals surface area contributed by atoms with Gasteiger partial charge in [0.1, 0.15) is 0 Å². The molecule has 0 aliphatic carbocycles. The van der Waals surface area contributed by atoms with Gasteiger partial charge in [-0.05, 0) is 11.1 Å². The Bertz CT molecular complexity index is 408. The number of aliphatic imine (C=N–C) groups is 1. The highest BCUT2D eigenvalue weighted by molar-refractivity contribution is 5.79. The Balaban J connectivity index is 2.87. The monoisotopic (exact) mass is 231 g/mol. The Morgan fingerprint density at radius 1 is 1.29 bits per heavy atom. The fourth-order valence-corrected chi connectivity index (χ4v) is 1.92. The van der Waals surface area contributed by atoms with Crippen LogP contribution in [0.5, 0.6) is 0 Å². The van der Waals surface area contributed by atoms with E-state index in [2.05, 4.69) is 34.7 Å². The first-order valence-corrected chi connectivity index (χ1v) is 5.65. The zero-order valence-electron chi connectivity index (χ0n) is 11.1. The summed E-state index contributed by atoms with van der Waals surface area (Å²) in [6, 6.07) is 8.28. The van der Waals surface area contributed by atoms with E-state index >= 15 is 0 Å². The van der Waals surface area contributed by atoms with Crippen molar-refractivity contribution in [2.45, 2.75) is 6.54 Å². The quantitative estimate of drug-likeness (QED) is 0.587. The smallest absolute Gasteiger partial charge is 0.195 e. The number of hydrogen-bond donors (Lipinski definition) is 0. The Hall–Kier alpha value is -1.77. The summed E-state index contributed by atoms with van der Waals surface area (Å²) < 4.78 is 0. The average Bonchev–Trinajstić information content (AvgIpc) is 2.30. The molecule has 3 heteroatoms. The molecule has 0 aliphatic rings. The molecule has 0 aliphatic heterocycles. The second-order valence-corrected chi connectivity index (χ2v) is 4.18. The minimum absolute atomic E-state index is 0.826. The molecule has 92 valence electrons. The van der Waals surface area contributed by atoms with E-state index in [9.17, 15) is 0 Å². The van der Waals surface area contributed by atoms with E-state index in [-0.39, 0.29) is 0 Å². The van der Waals surface area contributed by atoms with Crippen molar-refractivity contribution < 1.29 is 0 Å². The Labute approximate surface area is 104 Å². The highest BCUT2D eigenvalue weighted by Crippen LogP contribution is 2.12. The lowest BCUT2D eigenvalue weighted by atomic mass is 10.1. The molecule has 0 aromatic heterocycles. The first-order valence-electron chi connectivity index (χ1n) is 5.65. The third kappa shape index (κ3) is 3.34. The van der Waals surface area contributed by atoms with Crippen molar-refractivity contribution in [3.05, 3.63) is 42.0 Å². The van der Waals surface area contributed by atoms with Gasteiger partial charge in [0.05, 0.1) is 0 Å². The van der Waals surface area contributed by atoms with Crippen LogP contribution in [-0.4, -0.2) is 44.0 Å². The van der Waals surface area contributed by atoms with Crippen molar-refractivity contribution in [3.8, 4) is 0 Å². The first kappa shape index (κ1) is 13.3. The van der Waals surface area contributed by atoms with Crippen molar-refractivity contribution in [1.29, 1.82) is 0 Å². The van der Waals surface area contributed by atoms with E-state index in [1.165, 1.54) is 11.1 Å². The number of rotatable bonds is 3. The summed E-state index contributed by atoms with van der Waals surface area (Å²) in [4.78, 5) is 8.42. The molecule has 0 unspecified atom stereocenters. The van der Waals surface area contributed by atoms with Crippen LogP contribution in [0.3, 0.4) is 0 Å². The average molecular weight is 231 g/mol. The lowest BCUT2D eigenvalue weighted by Crippen LogP contribution is -2.37. The van der Waals surface area contributed by atoms with Gasteiger partial charge in [0.2, 0.25) is 0 Å². The molecule has 0 N–H and O–H groups in total. The number of benzene rings is 1. The second-order valence-electron chi connectivity index (χ2n) is 4.18. The molecule has 1 aromatic rings. The van der Waals surface area contributed by atoms with E-state index in [4.69, 9.17) is 0 Å². The number of nitrogens with zero attached hydrogens (tertiary/aromatic N) is 3. The van der Waals surface area contributed by atoms with Gasteiger partial charge in [-0.15, -0.1) is 0 Å². The summed E-state index contributed by atoms with van der Waals surface area (Å²) in [6.45, 7) is 4.67. The van der Waals surface area contributed by atoms with Crippen molar-refractivity contribution >= 4 is 12.0 Å². The summed E-state index contributed by atoms with van der Waals surface area (Å²) in [5.41, 5.74) is 2.43. The fraction of sp³-hybridized carbons (Fsp3) is 0.357. The summed E-state index contributed by atoms with van der Waals surface area (Å²) in [6.07, 6.45) is 1.89. The Morgan fingerprint density at radius 2 is 1.94 bits per heavy atom. The van der Waals surface area contributed by atoms with Crippen LogP contribution >= 0.6 is 0 Å². The predicted octanol–water partition coefficient (Wildman–Crippen LogP) is 2.31. The van der Waals surface area contributed by atoms with Gasteiger partial charge in [-0.2, -0.15) is 0 Å². The van der Waals surface area contributed by atoms with Crippen LogP contribution in [0.1, 0.15) is 11.1 Å². The van der Waals surface area contributed by atoms with Crippen LogP contribution in [0, 0.1) is 0 Å². The zero-order chi connectivity index (χ0) is 12.8. The van der Waals surface area contributed by atoms with Crippen LogP contribution in [0.4, 0.5) is 0 Å². The first-order chi connectivity index (χ1) is 8.10. The maximum Gasteiger partial charge on any atom is 0.195 e. The Morgan fingerprint density at radius 3 is 2.47 bits per heavy atom. The normalized spacial score (nSPS) is 11.2. The van der Waals surface area contributed by atoms with Gasteiger partial charge in [-0.1, -0.05) is 36.9 Å². The van der Waals surface area contributed by atoms with Gasteiger partial charge in [0.15, 0.2) is 5.96 Å². The number of hydrogen-bond acceptors (Lipinski definition) is 1. The predicted molar refractivity (Wildman–Crippen MR) is 75.0 cm³/mol. The van der Waals surface area contributed by atoms with E-state index in [1.54, 1.807) is 0 Å². The van der Waals surface area contributed by atoms with E-state index in [0.717, 1.165) is 12.5 Å². The van der Waals surface area contributed by atoms with E-state index < -0.39 is 0 Å². The molecule has 0 spiro atoms. The number of guanidine groups is 1. The van der Waals surface area contributed by atoms with Crippen LogP contribution in [-0.2, 0) is 6.54 Å². The standard InChI is InChI=1S/C14H21N3/c1-6-12-9-7-8-10-13(12)11-17(5)14(15-2)16(3)4/h6-10H,1,11H2,2-5H3/b15-14+. The third-order valence-electron chi connectivity index (χ3n) is 2.62. The molecule has 0 amide bonds. The van der Waals surface area contributed by atoms with Gasteiger partial charge < -0.3 is 9.80 Å². The molecule has 0 bridgehead atoms. The molecular weight excluding hydrogens is 210 g/mol. The fourth-order valence-electron chi connectivity index (χ4n) is 1.92. The maximum absolute atomic E-state index is 4.28. The zero-order valence-corrected chi connectivity index (χ0v) is 11.1. The Kier molecular flexibility index (Phi) is 4.76. The van der Waals surface area contributed by atoms with Gasteiger partial charge in [-0.25, -0.2) is 0 Å². The summed E-state index contributed by atoms with van der Waals surface area (Å²) in [7, 11) is 7.85. The molecule has 0 radical (unpaired) electrons. The third-order valence-corrected chi connectivity index (χ3v) is 2.62. The second kappa shape index (κ2) is 6.09. The molecular formula is C14H21N3.